The molecule has 1 nitrogen and oxygen atoms in total. The summed E-state index contributed by atoms with van der Waals surface area (Å²) < 4.78 is 1.35. The Morgan fingerprint density at radius 1 is 1.24 bits per heavy atom. The Hall–Kier alpha value is -0.410. The van der Waals surface area contributed by atoms with E-state index < -0.39 is 0 Å². The molecular weight excluding hydrogens is 294 g/mol. The minimum Gasteiger partial charge on any atom is -0.241 e. The van der Waals surface area contributed by atoms with E-state index in [9.17, 15) is 0 Å². The molecule has 1 heterocycles. The summed E-state index contributed by atoms with van der Waals surface area (Å²) in [5.41, 5.74) is 2.52. The van der Waals surface area contributed by atoms with E-state index in [4.69, 9.17) is 4.98 Å². The maximum Gasteiger partial charge on any atom is 0.0969 e. The van der Waals surface area contributed by atoms with Crippen LogP contribution in [0.2, 0.25) is 0 Å². The third kappa shape index (κ3) is 2.41. The highest BCUT2D eigenvalue weighted by Gasteiger charge is 2.19. The first-order valence-corrected chi connectivity index (χ1v) is 8.26. The Labute approximate surface area is 114 Å². The van der Waals surface area contributed by atoms with Crippen molar-refractivity contribution in [1.29, 1.82) is 0 Å². The summed E-state index contributed by atoms with van der Waals surface area (Å²) in [5, 5.41) is 2.30. The minimum absolute atomic E-state index is 0.730. The van der Waals surface area contributed by atoms with Gasteiger partial charge >= 0.3 is 0 Å². The second kappa shape index (κ2) is 5.07. The second-order valence-corrected chi connectivity index (χ2v) is 6.45. The SMILES string of the molecule is BrCc1ccc2nc(C3CCCCC3)sc2c1. The molecule has 0 unspecified atom stereocenters. The number of halogens is 1. The van der Waals surface area contributed by atoms with Crippen molar-refractivity contribution in [1.82, 2.24) is 4.98 Å². The van der Waals surface area contributed by atoms with Crippen LogP contribution in [0.15, 0.2) is 18.2 Å². The van der Waals surface area contributed by atoms with Crippen LogP contribution in [0.1, 0.15) is 48.6 Å². The number of rotatable bonds is 2. The molecule has 0 bridgehead atoms. The fourth-order valence-corrected chi connectivity index (χ4v) is 4.14. The normalized spacial score (nSPS) is 17.7. The van der Waals surface area contributed by atoms with Crippen molar-refractivity contribution in [2.75, 3.05) is 0 Å². The first-order chi connectivity index (χ1) is 8.36. The summed E-state index contributed by atoms with van der Waals surface area (Å²) in [5.74, 6) is 0.730. The van der Waals surface area contributed by atoms with E-state index in [0.29, 0.717) is 0 Å². The summed E-state index contributed by atoms with van der Waals surface area (Å²) in [4.78, 5) is 4.82. The highest BCUT2D eigenvalue weighted by Crippen LogP contribution is 2.37. The fraction of sp³-hybridized carbons (Fsp3) is 0.500. The quantitative estimate of drug-likeness (QED) is 0.691. The maximum absolute atomic E-state index is 4.82. The summed E-state index contributed by atoms with van der Waals surface area (Å²) in [7, 11) is 0. The molecule has 1 aromatic heterocycles. The third-order valence-electron chi connectivity index (χ3n) is 3.58. The van der Waals surface area contributed by atoms with Crippen LogP contribution in [-0.2, 0) is 5.33 Å². The van der Waals surface area contributed by atoms with Crippen LogP contribution in [-0.4, -0.2) is 4.98 Å². The van der Waals surface area contributed by atoms with Gasteiger partial charge in [-0.25, -0.2) is 4.98 Å². The average molecular weight is 310 g/mol. The Balaban J connectivity index is 1.95. The lowest BCUT2D eigenvalue weighted by molar-refractivity contribution is 0.443. The molecule has 0 saturated heterocycles. The van der Waals surface area contributed by atoms with Crippen LogP contribution in [0.3, 0.4) is 0 Å². The molecule has 17 heavy (non-hydrogen) atoms. The van der Waals surface area contributed by atoms with E-state index in [2.05, 4.69) is 34.1 Å². The lowest BCUT2D eigenvalue weighted by atomic mass is 9.90. The minimum atomic E-state index is 0.730. The van der Waals surface area contributed by atoms with E-state index in [1.54, 1.807) is 0 Å². The van der Waals surface area contributed by atoms with Crippen molar-refractivity contribution in [3.05, 3.63) is 28.8 Å². The zero-order chi connectivity index (χ0) is 11.7. The molecule has 0 spiro atoms. The largest absolute Gasteiger partial charge is 0.241 e. The van der Waals surface area contributed by atoms with E-state index in [-0.39, 0.29) is 0 Å². The lowest BCUT2D eigenvalue weighted by Gasteiger charge is -2.18. The van der Waals surface area contributed by atoms with Crippen molar-refractivity contribution in [3.63, 3.8) is 0 Å². The van der Waals surface area contributed by atoms with Gasteiger partial charge in [-0.05, 0) is 30.5 Å². The number of thiazole rings is 1. The maximum atomic E-state index is 4.82. The highest BCUT2D eigenvalue weighted by atomic mass is 79.9. The van der Waals surface area contributed by atoms with Crippen LogP contribution in [0.4, 0.5) is 0 Å². The number of hydrogen-bond acceptors (Lipinski definition) is 2. The molecule has 90 valence electrons. The number of fused-ring (bicyclic) bond motifs is 1. The summed E-state index contributed by atoms with van der Waals surface area (Å²) >= 11 is 5.41. The Kier molecular flexibility index (Phi) is 3.48. The molecule has 0 N–H and O–H groups in total. The predicted molar refractivity (Wildman–Crippen MR) is 78.1 cm³/mol. The molecular formula is C14H16BrNS. The monoisotopic (exact) mass is 309 g/mol. The number of hydrogen-bond donors (Lipinski definition) is 0. The van der Waals surface area contributed by atoms with Gasteiger partial charge in [-0.2, -0.15) is 0 Å². The van der Waals surface area contributed by atoms with Crippen LogP contribution in [0.25, 0.3) is 10.2 Å². The van der Waals surface area contributed by atoms with Crippen LogP contribution in [0.5, 0.6) is 0 Å². The van der Waals surface area contributed by atoms with E-state index in [0.717, 1.165) is 11.2 Å². The van der Waals surface area contributed by atoms with Gasteiger partial charge in [0.15, 0.2) is 0 Å². The molecule has 3 rings (SSSR count). The van der Waals surface area contributed by atoms with Crippen LogP contribution < -0.4 is 0 Å². The van der Waals surface area contributed by atoms with Gasteiger partial charge in [0, 0.05) is 11.2 Å². The van der Waals surface area contributed by atoms with Gasteiger partial charge in [-0.3, -0.25) is 0 Å². The molecule has 0 aliphatic heterocycles. The molecule has 1 saturated carbocycles. The van der Waals surface area contributed by atoms with Crippen molar-refractivity contribution in [2.24, 2.45) is 0 Å². The Bertz CT molecular complexity index is 514. The zero-order valence-corrected chi connectivity index (χ0v) is 12.2. The molecule has 1 aliphatic carbocycles. The van der Waals surface area contributed by atoms with Crippen molar-refractivity contribution < 1.29 is 0 Å². The molecule has 1 fully saturated rings. The molecule has 0 amide bonds. The van der Waals surface area contributed by atoms with Gasteiger partial charge in [-0.15, -0.1) is 11.3 Å². The zero-order valence-electron chi connectivity index (χ0n) is 9.79. The number of alkyl halides is 1. The van der Waals surface area contributed by atoms with Gasteiger partial charge in [0.25, 0.3) is 0 Å². The van der Waals surface area contributed by atoms with Gasteiger partial charge < -0.3 is 0 Å². The second-order valence-electron chi connectivity index (χ2n) is 4.82. The van der Waals surface area contributed by atoms with E-state index in [1.165, 1.54) is 52.9 Å². The van der Waals surface area contributed by atoms with Crippen molar-refractivity contribution in [2.45, 2.75) is 43.4 Å². The predicted octanol–water partition coefficient (Wildman–Crippen LogP) is 5.24. The molecule has 0 atom stereocenters. The highest BCUT2D eigenvalue weighted by molar-refractivity contribution is 9.08. The lowest BCUT2D eigenvalue weighted by Crippen LogP contribution is -2.03. The standard InChI is InChI=1S/C14H16BrNS/c15-9-10-6-7-12-13(8-10)17-14(16-12)11-4-2-1-3-5-11/h6-8,11H,1-5,9H2. The van der Waals surface area contributed by atoms with Gasteiger partial charge in [-0.1, -0.05) is 41.3 Å². The number of nitrogens with zero attached hydrogens (tertiary/aromatic N) is 1. The van der Waals surface area contributed by atoms with E-state index in [1.807, 2.05) is 11.3 Å². The average Bonchev–Trinajstić information content (AvgIpc) is 2.82. The van der Waals surface area contributed by atoms with Gasteiger partial charge in [0.2, 0.25) is 0 Å². The first kappa shape index (κ1) is 11.7. The molecule has 3 heteroatoms. The first-order valence-electron chi connectivity index (χ1n) is 6.32. The van der Waals surface area contributed by atoms with Gasteiger partial charge in [0.05, 0.1) is 15.2 Å². The van der Waals surface area contributed by atoms with E-state index >= 15 is 0 Å². The topological polar surface area (TPSA) is 12.9 Å². The molecule has 0 radical (unpaired) electrons. The van der Waals surface area contributed by atoms with Gasteiger partial charge in [0.1, 0.15) is 0 Å². The molecule has 2 aromatic rings. The Morgan fingerprint density at radius 3 is 2.82 bits per heavy atom. The summed E-state index contributed by atoms with van der Waals surface area (Å²) in [6.45, 7) is 0. The van der Waals surface area contributed by atoms with Crippen LogP contribution >= 0.6 is 27.3 Å². The molecule has 1 aromatic carbocycles. The molecule has 1 aliphatic rings. The van der Waals surface area contributed by atoms with Crippen LogP contribution in [0, 0.1) is 0 Å². The van der Waals surface area contributed by atoms with Crippen molar-refractivity contribution in [3.8, 4) is 0 Å². The summed E-state index contributed by atoms with van der Waals surface area (Å²) in [6.07, 6.45) is 6.85. The fourth-order valence-electron chi connectivity index (χ4n) is 2.59. The Morgan fingerprint density at radius 2 is 2.06 bits per heavy atom. The number of aromatic nitrogens is 1. The smallest absolute Gasteiger partial charge is 0.0969 e. The number of benzene rings is 1. The summed E-state index contributed by atoms with van der Waals surface area (Å²) in [6, 6.07) is 6.60. The third-order valence-corrected chi connectivity index (χ3v) is 5.41. The van der Waals surface area contributed by atoms with Crippen molar-refractivity contribution >= 4 is 37.5 Å².